The fourth-order valence-corrected chi connectivity index (χ4v) is 4.15. The van der Waals surface area contributed by atoms with E-state index in [4.69, 9.17) is 9.47 Å². The minimum Gasteiger partial charge on any atom is -0.445 e. The minimum atomic E-state index is -0.689. The van der Waals surface area contributed by atoms with E-state index in [1.807, 2.05) is 51.1 Å². The van der Waals surface area contributed by atoms with E-state index < -0.39 is 23.8 Å². The van der Waals surface area contributed by atoms with Crippen LogP contribution in [0.4, 0.5) is 9.59 Å². The second-order valence-electron chi connectivity index (χ2n) is 10.3. The van der Waals surface area contributed by atoms with Crippen LogP contribution in [0.2, 0.25) is 0 Å². The Kier molecular flexibility index (Phi) is 12.4. The third kappa shape index (κ3) is 13.0. The number of ether oxygens (including phenoxy) is 2. The second-order valence-corrected chi connectivity index (χ2v) is 10.3. The zero-order valence-corrected chi connectivity index (χ0v) is 21.6. The maximum atomic E-state index is 12.9. The summed E-state index contributed by atoms with van der Waals surface area (Å²) in [6.07, 6.45) is 7.96. The zero-order valence-electron chi connectivity index (χ0n) is 21.6. The summed E-state index contributed by atoms with van der Waals surface area (Å²) in [5.74, 6) is 0.475. The van der Waals surface area contributed by atoms with Gasteiger partial charge in [-0.3, -0.25) is 4.79 Å². The highest BCUT2D eigenvalue weighted by Gasteiger charge is 2.22. The van der Waals surface area contributed by atoms with Gasteiger partial charge in [-0.05, 0) is 57.9 Å². The molecule has 3 amide bonds. The van der Waals surface area contributed by atoms with Gasteiger partial charge in [0, 0.05) is 13.1 Å². The van der Waals surface area contributed by atoms with Gasteiger partial charge in [0.15, 0.2) is 0 Å². The number of hydrogen-bond donors (Lipinski definition) is 3. The van der Waals surface area contributed by atoms with Gasteiger partial charge < -0.3 is 25.4 Å². The summed E-state index contributed by atoms with van der Waals surface area (Å²) in [6.45, 7) is 6.62. The van der Waals surface area contributed by atoms with Crippen LogP contribution in [-0.4, -0.2) is 42.8 Å². The molecule has 0 aromatic heterocycles. The van der Waals surface area contributed by atoms with Crippen LogP contribution in [-0.2, 0) is 20.9 Å². The van der Waals surface area contributed by atoms with Crippen LogP contribution in [0.3, 0.4) is 0 Å². The molecule has 2 rings (SSSR count). The molecule has 1 fully saturated rings. The van der Waals surface area contributed by atoms with Crippen molar-refractivity contribution >= 4 is 18.1 Å². The summed E-state index contributed by atoms with van der Waals surface area (Å²) in [4.78, 5) is 37.0. The molecule has 0 unspecified atom stereocenters. The fourth-order valence-electron chi connectivity index (χ4n) is 4.15. The molecule has 0 spiro atoms. The lowest BCUT2D eigenvalue weighted by molar-refractivity contribution is -0.123. The summed E-state index contributed by atoms with van der Waals surface area (Å²) in [5, 5.41) is 8.43. The first-order chi connectivity index (χ1) is 16.7. The monoisotopic (exact) mass is 489 g/mol. The number of nitrogens with one attached hydrogen (secondary N) is 3. The summed E-state index contributed by atoms with van der Waals surface area (Å²) >= 11 is 0. The van der Waals surface area contributed by atoms with Gasteiger partial charge in [-0.15, -0.1) is 0 Å². The van der Waals surface area contributed by atoms with E-state index in [0.29, 0.717) is 38.3 Å². The van der Waals surface area contributed by atoms with Crippen molar-refractivity contribution in [1.82, 2.24) is 16.0 Å². The summed E-state index contributed by atoms with van der Waals surface area (Å²) in [6, 6.07) is 8.72. The number of amides is 3. The Balaban J connectivity index is 1.78. The normalized spacial score (nSPS) is 15.1. The molecule has 3 N–H and O–H groups in total. The standard InChI is InChI=1S/C27H43N3O5/c1-27(2,3)35-25(32)29-18-11-10-16-23(24(31)28-19-17-21-12-6-4-7-13-21)30-26(33)34-20-22-14-8-5-9-15-22/h5,8-9,14-15,21,23H,4,6-7,10-13,16-20H2,1-3H3,(H,28,31)(H,29,32)(H,30,33)/t23-/m0/s1. The van der Waals surface area contributed by atoms with E-state index in [9.17, 15) is 14.4 Å². The lowest BCUT2D eigenvalue weighted by Gasteiger charge is -2.23. The largest absolute Gasteiger partial charge is 0.445 e. The number of hydrogen-bond acceptors (Lipinski definition) is 5. The topological polar surface area (TPSA) is 106 Å². The molecule has 0 aliphatic heterocycles. The predicted octanol–water partition coefficient (Wildman–Crippen LogP) is 5.06. The molecule has 0 heterocycles. The number of alkyl carbamates (subject to hydrolysis) is 2. The minimum absolute atomic E-state index is 0.141. The fraction of sp³-hybridized carbons (Fsp3) is 0.667. The van der Waals surface area contributed by atoms with E-state index >= 15 is 0 Å². The van der Waals surface area contributed by atoms with E-state index in [2.05, 4.69) is 16.0 Å². The molecule has 0 bridgehead atoms. The van der Waals surface area contributed by atoms with Crippen molar-refractivity contribution in [3.63, 3.8) is 0 Å². The summed E-state index contributed by atoms with van der Waals surface area (Å²) < 4.78 is 10.5. The molecule has 8 nitrogen and oxygen atoms in total. The highest BCUT2D eigenvalue weighted by molar-refractivity contribution is 5.85. The molecule has 35 heavy (non-hydrogen) atoms. The predicted molar refractivity (Wildman–Crippen MR) is 136 cm³/mol. The molecule has 1 aliphatic carbocycles. The zero-order chi connectivity index (χ0) is 25.5. The Bertz CT molecular complexity index is 773. The average Bonchev–Trinajstić information content (AvgIpc) is 2.82. The Labute approximate surface area is 209 Å². The molecule has 1 aliphatic rings. The van der Waals surface area contributed by atoms with E-state index in [1.165, 1.54) is 32.1 Å². The van der Waals surface area contributed by atoms with Gasteiger partial charge in [0.1, 0.15) is 18.2 Å². The number of rotatable bonds is 12. The SMILES string of the molecule is CC(C)(C)OC(=O)NCCCC[C@H](NC(=O)OCc1ccccc1)C(=O)NCCC1CCCCC1. The van der Waals surface area contributed by atoms with Crippen molar-refractivity contribution in [2.75, 3.05) is 13.1 Å². The molecule has 8 heteroatoms. The van der Waals surface area contributed by atoms with Gasteiger partial charge in [0.2, 0.25) is 5.91 Å². The van der Waals surface area contributed by atoms with Crippen LogP contribution < -0.4 is 16.0 Å². The average molecular weight is 490 g/mol. The highest BCUT2D eigenvalue weighted by atomic mass is 16.6. The first-order valence-electron chi connectivity index (χ1n) is 12.9. The Morgan fingerprint density at radius 1 is 0.943 bits per heavy atom. The second kappa shape index (κ2) is 15.3. The molecular weight excluding hydrogens is 446 g/mol. The van der Waals surface area contributed by atoms with Gasteiger partial charge in [-0.1, -0.05) is 62.4 Å². The number of carbonyl (C=O) groups excluding carboxylic acids is 3. The van der Waals surface area contributed by atoms with Crippen LogP contribution in [0.5, 0.6) is 0 Å². The van der Waals surface area contributed by atoms with Gasteiger partial charge in [-0.25, -0.2) is 9.59 Å². The molecular formula is C27H43N3O5. The highest BCUT2D eigenvalue weighted by Crippen LogP contribution is 2.25. The van der Waals surface area contributed by atoms with E-state index in [0.717, 1.165) is 12.0 Å². The van der Waals surface area contributed by atoms with Crippen molar-refractivity contribution in [2.45, 2.75) is 96.8 Å². The van der Waals surface area contributed by atoms with Gasteiger partial charge in [0.25, 0.3) is 0 Å². The van der Waals surface area contributed by atoms with E-state index in [1.54, 1.807) is 0 Å². The van der Waals surface area contributed by atoms with Crippen LogP contribution in [0.1, 0.15) is 84.1 Å². The quantitative estimate of drug-likeness (QED) is 0.356. The molecule has 1 atom stereocenters. The number of unbranched alkanes of at least 4 members (excludes halogenated alkanes) is 1. The Hall–Kier alpha value is -2.77. The van der Waals surface area contributed by atoms with Gasteiger partial charge >= 0.3 is 12.2 Å². The first-order valence-corrected chi connectivity index (χ1v) is 12.9. The Morgan fingerprint density at radius 3 is 2.34 bits per heavy atom. The van der Waals surface area contributed by atoms with Crippen molar-refractivity contribution in [3.05, 3.63) is 35.9 Å². The van der Waals surface area contributed by atoms with Crippen LogP contribution in [0, 0.1) is 5.92 Å². The summed E-state index contributed by atoms with van der Waals surface area (Å²) in [7, 11) is 0. The molecule has 0 saturated heterocycles. The van der Waals surface area contributed by atoms with E-state index in [-0.39, 0.29) is 12.5 Å². The maximum Gasteiger partial charge on any atom is 0.408 e. The summed E-state index contributed by atoms with van der Waals surface area (Å²) in [5.41, 5.74) is 0.332. The molecule has 1 saturated carbocycles. The van der Waals surface area contributed by atoms with Crippen molar-refractivity contribution < 1.29 is 23.9 Å². The molecule has 1 aromatic rings. The van der Waals surface area contributed by atoms with Crippen LogP contribution in [0.25, 0.3) is 0 Å². The Morgan fingerprint density at radius 2 is 1.66 bits per heavy atom. The van der Waals surface area contributed by atoms with Crippen LogP contribution in [0.15, 0.2) is 30.3 Å². The van der Waals surface area contributed by atoms with Crippen molar-refractivity contribution in [1.29, 1.82) is 0 Å². The van der Waals surface area contributed by atoms with Gasteiger partial charge in [-0.2, -0.15) is 0 Å². The maximum absolute atomic E-state index is 12.9. The van der Waals surface area contributed by atoms with Crippen molar-refractivity contribution in [2.24, 2.45) is 5.92 Å². The smallest absolute Gasteiger partial charge is 0.408 e. The molecule has 196 valence electrons. The third-order valence-corrected chi connectivity index (χ3v) is 5.99. The third-order valence-electron chi connectivity index (χ3n) is 5.99. The first kappa shape index (κ1) is 28.5. The molecule has 1 aromatic carbocycles. The lowest BCUT2D eigenvalue weighted by atomic mass is 9.87. The molecule has 0 radical (unpaired) electrons. The van der Waals surface area contributed by atoms with Crippen molar-refractivity contribution in [3.8, 4) is 0 Å². The lowest BCUT2D eigenvalue weighted by Crippen LogP contribution is -2.47. The number of benzene rings is 1. The number of carbonyl (C=O) groups is 3. The van der Waals surface area contributed by atoms with Gasteiger partial charge in [0.05, 0.1) is 0 Å². The van der Waals surface area contributed by atoms with Crippen LogP contribution >= 0.6 is 0 Å².